The molecule has 3 rings (SSSR count). The maximum atomic E-state index is 4.70. The van der Waals surface area contributed by atoms with E-state index in [0.29, 0.717) is 0 Å². The Hall–Kier alpha value is -2.18. The van der Waals surface area contributed by atoms with E-state index in [1.54, 1.807) is 0 Å². The zero-order valence-electron chi connectivity index (χ0n) is 20.0. The number of nitrogens with zero attached hydrogens (tertiary/aromatic N) is 4. The molecule has 0 aliphatic carbocycles. The number of aromatic nitrogens is 2. The van der Waals surface area contributed by atoms with Crippen molar-refractivity contribution < 1.29 is 0 Å². The second-order valence-corrected chi connectivity index (χ2v) is 7.78. The number of likely N-dealkylation sites (tertiary alicyclic amines) is 1. The summed E-state index contributed by atoms with van der Waals surface area (Å²) >= 11 is 0. The van der Waals surface area contributed by atoms with Crippen LogP contribution in [0, 0.1) is 6.92 Å². The van der Waals surface area contributed by atoms with Crippen molar-refractivity contribution in [2.75, 3.05) is 57.7 Å². The Morgan fingerprint density at radius 1 is 1.16 bits per heavy atom. The Labute approximate surface area is 189 Å². The van der Waals surface area contributed by atoms with Crippen LogP contribution in [-0.2, 0) is 0 Å². The number of piperazine rings is 1. The summed E-state index contributed by atoms with van der Waals surface area (Å²) in [7, 11) is 0. The number of anilines is 1. The van der Waals surface area contributed by atoms with Gasteiger partial charge < -0.3 is 20.4 Å². The molecule has 2 fully saturated rings. The maximum Gasteiger partial charge on any atom is 0.154 e. The van der Waals surface area contributed by atoms with Gasteiger partial charge >= 0.3 is 0 Å². The van der Waals surface area contributed by atoms with Crippen LogP contribution in [0.1, 0.15) is 51.4 Å². The van der Waals surface area contributed by atoms with Crippen molar-refractivity contribution in [1.29, 1.82) is 0 Å². The molecule has 6 nitrogen and oxygen atoms in total. The number of aryl methyl sites for hydroxylation is 1. The lowest BCUT2D eigenvalue weighted by Gasteiger charge is -2.30. The molecule has 6 heteroatoms. The van der Waals surface area contributed by atoms with Crippen molar-refractivity contribution in [2.24, 2.45) is 0 Å². The molecule has 2 aliphatic rings. The molecule has 2 aliphatic heterocycles. The summed E-state index contributed by atoms with van der Waals surface area (Å²) in [6.45, 7) is 16.9. The molecule has 0 atom stereocenters. The third-order valence-electron chi connectivity index (χ3n) is 5.46. The van der Waals surface area contributed by atoms with E-state index in [4.69, 9.17) is 4.98 Å². The molecule has 2 N–H and O–H groups in total. The normalized spacial score (nSPS) is 17.9. The molecule has 31 heavy (non-hydrogen) atoms. The molecule has 0 unspecified atom stereocenters. The Morgan fingerprint density at radius 3 is 2.61 bits per heavy atom. The van der Waals surface area contributed by atoms with E-state index < -0.39 is 0 Å². The molecule has 1 aromatic rings. The molecule has 0 saturated carbocycles. The van der Waals surface area contributed by atoms with E-state index in [-0.39, 0.29) is 0 Å². The smallest absolute Gasteiger partial charge is 0.154 e. The molecule has 0 spiro atoms. The second-order valence-electron chi connectivity index (χ2n) is 7.78. The summed E-state index contributed by atoms with van der Waals surface area (Å²) in [5.74, 6) is 1.69. The van der Waals surface area contributed by atoms with Crippen LogP contribution in [0.15, 0.2) is 36.2 Å². The van der Waals surface area contributed by atoms with Crippen molar-refractivity contribution >= 4 is 11.9 Å². The molecule has 0 radical (unpaired) electrons. The first-order valence-corrected chi connectivity index (χ1v) is 12.0. The van der Waals surface area contributed by atoms with Crippen LogP contribution >= 0.6 is 0 Å². The number of nitrogens with one attached hydrogen (secondary N) is 2. The highest BCUT2D eigenvalue weighted by Gasteiger charge is 2.11. The molecule has 0 bridgehead atoms. The molecule has 2 saturated heterocycles. The third-order valence-corrected chi connectivity index (χ3v) is 5.46. The summed E-state index contributed by atoms with van der Waals surface area (Å²) in [6.07, 6.45) is 16.2. The average Bonchev–Trinajstić information content (AvgIpc) is 3.33. The predicted octanol–water partition coefficient (Wildman–Crippen LogP) is 4.09. The number of rotatable bonds is 9. The lowest BCUT2D eigenvalue weighted by atomic mass is 10.2. The van der Waals surface area contributed by atoms with Gasteiger partial charge in [0, 0.05) is 50.2 Å². The van der Waals surface area contributed by atoms with Gasteiger partial charge in [0.1, 0.15) is 5.82 Å². The van der Waals surface area contributed by atoms with Gasteiger partial charge in [-0.15, -0.1) is 0 Å². The lowest BCUT2D eigenvalue weighted by molar-refractivity contribution is 0.307. The topological polar surface area (TPSA) is 56.3 Å². The van der Waals surface area contributed by atoms with Gasteiger partial charge in [0.2, 0.25) is 0 Å². The third kappa shape index (κ3) is 8.83. The maximum absolute atomic E-state index is 4.70. The Balaban J connectivity index is 0.00000166. The first kappa shape index (κ1) is 25.1. The van der Waals surface area contributed by atoms with Crippen LogP contribution in [-0.4, -0.2) is 72.1 Å². The highest BCUT2D eigenvalue weighted by molar-refractivity contribution is 5.50. The quantitative estimate of drug-likeness (QED) is 0.458. The van der Waals surface area contributed by atoms with Crippen LogP contribution in [0.25, 0.3) is 6.08 Å². The molecule has 3 heterocycles. The van der Waals surface area contributed by atoms with Crippen molar-refractivity contribution in [1.82, 2.24) is 25.1 Å². The summed E-state index contributed by atoms with van der Waals surface area (Å²) in [4.78, 5) is 14.1. The highest BCUT2D eigenvalue weighted by atomic mass is 15.2. The van der Waals surface area contributed by atoms with E-state index in [1.165, 1.54) is 38.2 Å². The largest absolute Gasteiger partial charge is 0.370 e. The Kier molecular flexibility index (Phi) is 11.9. The fraction of sp³-hybridized carbons (Fsp3) is 0.600. The van der Waals surface area contributed by atoms with Crippen molar-refractivity contribution in [3.8, 4) is 0 Å². The molecular weight excluding hydrogens is 384 g/mol. The van der Waals surface area contributed by atoms with Crippen LogP contribution in [0.4, 0.5) is 5.82 Å². The van der Waals surface area contributed by atoms with Crippen molar-refractivity contribution in [3.05, 3.63) is 47.6 Å². The van der Waals surface area contributed by atoms with Crippen LogP contribution in [0.2, 0.25) is 0 Å². The van der Waals surface area contributed by atoms with Gasteiger partial charge in [-0.3, -0.25) is 0 Å². The summed E-state index contributed by atoms with van der Waals surface area (Å²) in [5, 5.41) is 6.90. The second kappa shape index (κ2) is 14.8. The van der Waals surface area contributed by atoms with Gasteiger partial charge in [0.15, 0.2) is 5.82 Å². The van der Waals surface area contributed by atoms with Crippen LogP contribution in [0.5, 0.6) is 0 Å². The number of allylic oxidation sites excluding steroid dienone is 4. The van der Waals surface area contributed by atoms with Crippen LogP contribution in [0.3, 0.4) is 0 Å². The van der Waals surface area contributed by atoms with E-state index >= 15 is 0 Å². The van der Waals surface area contributed by atoms with Gasteiger partial charge in [0.05, 0.1) is 0 Å². The molecule has 0 amide bonds. The summed E-state index contributed by atoms with van der Waals surface area (Å²) < 4.78 is 0. The minimum absolute atomic E-state index is 0.744. The fourth-order valence-electron chi connectivity index (χ4n) is 3.82. The average molecular weight is 427 g/mol. The van der Waals surface area contributed by atoms with Gasteiger partial charge in [-0.1, -0.05) is 26.0 Å². The van der Waals surface area contributed by atoms with E-state index in [0.717, 1.165) is 56.4 Å². The summed E-state index contributed by atoms with van der Waals surface area (Å²) in [5.41, 5.74) is 2.33. The fourth-order valence-corrected chi connectivity index (χ4v) is 3.82. The minimum atomic E-state index is 0.744. The predicted molar refractivity (Wildman–Crippen MR) is 133 cm³/mol. The highest BCUT2D eigenvalue weighted by Crippen LogP contribution is 2.13. The van der Waals surface area contributed by atoms with Gasteiger partial charge in [0.25, 0.3) is 0 Å². The first-order chi connectivity index (χ1) is 15.3. The van der Waals surface area contributed by atoms with Crippen molar-refractivity contribution in [3.63, 3.8) is 0 Å². The van der Waals surface area contributed by atoms with Crippen molar-refractivity contribution in [2.45, 2.75) is 47.0 Å². The lowest BCUT2D eigenvalue weighted by Crippen LogP contribution is -2.42. The van der Waals surface area contributed by atoms with Gasteiger partial charge in [-0.25, -0.2) is 9.97 Å². The van der Waals surface area contributed by atoms with Gasteiger partial charge in [-0.2, -0.15) is 0 Å². The SMILES string of the molecule is CC.C\C=C/C(=C\C=C\c1ncc(C)c(NCCCN2CCCC2)n1)N1CCNCC1. The summed E-state index contributed by atoms with van der Waals surface area (Å²) in [6, 6.07) is 0. The zero-order chi connectivity index (χ0) is 22.3. The Morgan fingerprint density at radius 2 is 1.90 bits per heavy atom. The van der Waals surface area contributed by atoms with Gasteiger partial charge in [-0.05, 0) is 71.0 Å². The minimum Gasteiger partial charge on any atom is -0.370 e. The monoisotopic (exact) mass is 426 g/mol. The van der Waals surface area contributed by atoms with Crippen LogP contribution < -0.4 is 10.6 Å². The molecule has 1 aromatic heterocycles. The van der Waals surface area contributed by atoms with E-state index in [9.17, 15) is 0 Å². The standard InChI is InChI=1S/C23H36N6.C2H6/c1-3-8-21(29-17-12-24-13-18-29)9-6-10-22-26-19-20(2)23(27-22)25-11-7-16-28-14-4-5-15-28;1-2/h3,6,8-10,19,24H,4-5,7,11-18H2,1-2H3,(H,25,26,27);1-2H3/b8-3-,10-6+,21-9+;. The Bertz CT molecular complexity index is 713. The zero-order valence-corrected chi connectivity index (χ0v) is 20.0. The first-order valence-electron chi connectivity index (χ1n) is 12.0. The molecule has 172 valence electrons. The molecule has 0 aromatic carbocycles. The molecular formula is C25H42N6. The number of hydrogen-bond acceptors (Lipinski definition) is 6. The van der Waals surface area contributed by atoms with E-state index in [2.05, 4.69) is 63.6 Å². The number of hydrogen-bond donors (Lipinski definition) is 2. The van der Waals surface area contributed by atoms with E-state index in [1.807, 2.05) is 26.1 Å².